The number of nitrogen functional groups attached to an aromatic ring is 1. The van der Waals surface area contributed by atoms with Crippen LogP contribution in [0.2, 0.25) is 0 Å². The molecule has 2 aliphatic rings. The number of aromatic nitrogens is 2. The number of hydrogen-bond acceptors (Lipinski definition) is 5. The van der Waals surface area contributed by atoms with Crippen LogP contribution in [0.4, 0.5) is 5.69 Å². The number of ether oxygens (including phenoxy) is 2. The Labute approximate surface area is 152 Å². The van der Waals surface area contributed by atoms with Gasteiger partial charge in [-0.1, -0.05) is 6.42 Å². The highest BCUT2D eigenvalue weighted by molar-refractivity contribution is 5.70. The zero-order chi connectivity index (χ0) is 17.5. The van der Waals surface area contributed by atoms with Gasteiger partial charge in [-0.3, -0.25) is 4.90 Å². The second-order valence-electron chi connectivity index (χ2n) is 7.00. The van der Waals surface area contributed by atoms with Crippen LogP contribution in [-0.2, 0) is 6.54 Å². The quantitative estimate of drug-likeness (QED) is 0.785. The summed E-state index contributed by atoms with van der Waals surface area (Å²) in [6.07, 6.45) is 5.82. The van der Waals surface area contributed by atoms with E-state index in [0.717, 1.165) is 53.7 Å². The summed E-state index contributed by atoms with van der Waals surface area (Å²) in [5.74, 6) is 1.57. The van der Waals surface area contributed by atoms with Crippen molar-refractivity contribution in [2.75, 3.05) is 25.6 Å². The van der Waals surface area contributed by atoms with E-state index >= 15 is 0 Å². The number of imidazole rings is 1. The molecule has 0 spiro atoms. The van der Waals surface area contributed by atoms with Crippen LogP contribution in [0.5, 0.6) is 11.5 Å². The SMILES string of the molecule is Nc1ccc2nc(-c3ccc4c(c3)OCO4)c(CN3CCCCC3)n2c1. The Morgan fingerprint density at radius 3 is 2.73 bits per heavy atom. The van der Waals surface area contributed by atoms with Crippen molar-refractivity contribution in [3.8, 4) is 22.8 Å². The number of nitrogens with zero attached hydrogens (tertiary/aromatic N) is 3. The molecule has 0 amide bonds. The molecule has 0 unspecified atom stereocenters. The number of anilines is 1. The fourth-order valence-electron chi connectivity index (χ4n) is 3.87. The first kappa shape index (κ1) is 15.5. The molecule has 26 heavy (non-hydrogen) atoms. The predicted molar refractivity (Wildman–Crippen MR) is 100 cm³/mol. The van der Waals surface area contributed by atoms with Gasteiger partial charge in [-0.25, -0.2) is 4.98 Å². The van der Waals surface area contributed by atoms with Gasteiger partial charge in [0, 0.05) is 24.0 Å². The maximum absolute atomic E-state index is 6.05. The predicted octanol–water partition coefficient (Wildman–Crippen LogP) is 3.30. The fourth-order valence-corrected chi connectivity index (χ4v) is 3.87. The van der Waals surface area contributed by atoms with Crippen molar-refractivity contribution < 1.29 is 9.47 Å². The Morgan fingerprint density at radius 1 is 1.00 bits per heavy atom. The van der Waals surface area contributed by atoms with Crippen molar-refractivity contribution in [1.82, 2.24) is 14.3 Å². The Kier molecular flexibility index (Phi) is 3.71. The molecule has 2 aliphatic heterocycles. The van der Waals surface area contributed by atoms with Gasteiger partial charge in [0.2, 0.25) is 6.79 Å². The fraction of sp³-hybridized carbons (Fsp3) is 0.350. The Morgan fingerprint density at radius 2 is 1.85 bits per heavy atom. The minimum atomic E-state index is 0.279. The molecule has 4 heterocycles. The lowest BCUT2D eigenvalue weighted by Gasteiger charge is -2.26. The van der Waals surface area contributed by atoms with Crippen LogP contribution in [0.1, 0.15) is 25.0 Å². The Hall–Kier alpha value is -2.73. The smallest absolute Gasteiger partial charge is 0.231 e. The van der Waals surface area contributed by atoms with E-state index in [-0.39, 0.29) is 6.79 Å². The summed E-state index contributed by atoms with van der Waals surface area (Å²) in [5.41, 5.74) is 10.9. The molecular formula is C20H22N4O2. The lowest BCUT2D eigenvalue weighted by atomic mass is 10.1. The summed E-state index contributed by atoms with van der Waals surface area (Å²) in [4.78, 5) is 7.41. The lowest BCUT2D eigenvalue weighted by molar-refractivity contribution is 0.174. The van der Waals surface area contributed by atoms with Crippen molar-refractivity contribution in [3.05, 3.63) is 42.2 Å². The van der Waals surface area contributed by atoms with E-state index in [4.69, 9.17) is 20.2 Å². The molecule has 1 saturated heterocycles. The summed E-state index contributed by atoms with van der Waals surface area (Å²) in [6, 6.07) is 9.91. The molecule has 2 N–H and O–H groups in total. The topological polar surface area (TPSA) is 65.0 Å². The molecule has 3 aromatic rings. The number of nitrogens with two attached hydrogens (primary N) is 1. The number of benzene rings is 1. The van der Waals surface area contributed by atoms with Gasteiger partial charge in [0.05, 0.1) is 11.4 Å². The molecule has 0 radical (unpaired) electrons. The molecule has 1 aromatic carbocycles. The van der Waals surface area contributed by atoms with E-state index in [9.17, 15) is 0 Å². The highest BCUT2D eigenvalue weighted by Crippen LogP contribution is 2.37. The maximum Gasteiger partial charge on any atom is 0.231 e. The average Bonchev–Trinajstić information content (AvgIpc) is 3.27. The van der Waals surface area contributed by atoms with Crippen molar-refractivity contribution in [1.29, 1.82) is 0 Å². The molecule has 0 aliphatic carbocycles. The monoisotopic (exact) mass is 350 g/mol. The molecule has 6 nitrogen and oxygen atoms in total. The van der Waals surface area contributed by atoms with E-state index in [2.05, 4.69) is 15.4 Å². The van der Waals surface area contributed by atoms with Crippen LogP contribution in [-0.4, -0.2) is 34.2 Å². The summed E-state index contributed by atoms with van der Waals surface area (Å²) < 4.78 is 13.1. The first-order valence-corrected chi connectivity index (χ1v) is 9.17. The zero-order valence-electron chi connectivity index (χ0n) is 14.6. The van der Waals surface area contributed by atoms with Gasteiger partial charge in [-0.15, -0.1) is 0 Å². The van der Waals surface area contributed by atoms with Gasteiger partial charge in [0.25, 0.3) is 0 Å². The number of rotatable bonds is 3. The average molecular weight is 350 g/mol. The van der Waals surface area contributed by atoms with Gasteiger partial charge in [-0.2, -0.15) is 0 Å². The van der Waals surface area contributed by atoms with Gasteiger partial charge in [0.15, 0.2) is 11.5 Å². The van der Waals surface area contributed by atoms with Crippen molar-refractivity contribution in [2.24, 2.45) is 0 Å². The molecule has 2 aromatic heterocycles. The number of fused-ring (bicyclic) bond motifs is 2. The minimum Gasteiger partial charge on any atom is -0.454 e. The second kappa shape index (κ2) is 6.21. The zero-order valence-corrected chi connectivity index (χ0v) is 14.6. The van der Waals surface area contributed by atoms with Crippen molar-refractivity contribution in [3.63, 3.8) is 0 Å². The van der Waals surface area contributed by atoms with Crippen LogP contribution in [0.25, 0.3) is 16.9 Å². The molecule has 1 fully saturated rings. The highest BCUT2D eigenvalue weighted by Gasteiger charge is 2.21. The third kappa shape index (κ3) is 2.66. The van der Waals surface area contributed by atoms with Crippen LogP contribution >= 0.6 is 0 Å². The normalized spacial score (nSPS) is 17.1. The summed E-state index contributed by atoms with van der Waals surface area (Å²) in [5, 5.41) is 0. The third-order valence-corrected chi connectivity index (χ3v) is 5.21. The van der Waals surface area contributed by atoms with Gasteiger partial charge in [-0.05, 0) is 56.3 Å². The number of pyridine rings is 1. The second-order valence-corrected chi connectivity index (χ2v) is 7.00. The molecule has 0 saturated carbocycles. The van der Waals surface area contributed by atoms with Gasteiger partial charge >= 0.3 is 0 Å². The van der Waals surface area contributed by atoms with E-state index in [1.54, 1.807) is 0 Å². The first-order chi connectivity index (χ1) is 12.8. The van der Waals surface area contributed by atoms with Crippen LogP contribution in [0.3, 0.4) is 0 Å². The molecule has 6 heteroatoms. The van der Waals surface area contributed by atoms with E-state index in [1.165, 1.54) is 25.0 Å². The first-order valence-electron chi connectivity index (χ1n) is 9.17. The molecular weight excluding hydrogens is 328 g/mol. The Balaban J connectivity index is 1.62. The molecule has 5 rings (SSSR count). The number of likely N-dealkylation sites (tertiary alicyclic amines) is 1. The van der Waals surface area contributed by atoms with E-state index < -0.39 is 0 Å². The standard InChI is InChI=1S/C20H22N4O2/c21-15-5-7-19-22-20(14-4-6-17-18(10-14)26-13-25-17)16(24(19)11-15)12-23-8-2-1-3-9-23/h4-7,10-11H,1-3,8-9,12-13,21H2. The summed E-state index contributed by atoms with van der Waals surface area (Å²) in [6.45, 7) is 3.42. The molecule has 134 valence electrons. The third-order valence-electron chi connectivity index (χ3n) is 5.21. The summed E-state index contributed by atoms with van der Waals surface area (Å²) >= 11 is 0. The maximum atomic E-state index is 6.05. The molecule has 0 bridgehead atoms. The van der Waals surface area contributed by atoms with E-state index in [0.29, 0.717) is 0 Å². The van der Waals surface area contributed by atoms with Crippen LogP contribution < -0.4 is 15.2 Å². The van der Waals surface area contributed by atoms with E-state index in [1.807, 2.05) is 30.5 Å². The van der Waals surface area contributed by atoms with Crippen LogP contribution in [0.15, 0.2) is 36.5 Å². The minimum absolute atomic E-state index is 0.279. The highest BCUT2D eigenvalue weighted by atomic mass is 16.7. The van der Waals surface area contributed by atoms with Crippen LogP contribution in [0, 0.1) is 0 Å². The van der Waals surface area contributed by atoms with Gasteiger partial charge in [0.1, 0.15) is 5.65 Å². The van der Waals surface area contributed by atoms with Crippen molar-refractivity contribution in [2.45, 2.75) is 25.8 Å². The number of hydrogen-bond donors (Lipinski definition) is 1. The lowest BCUT2D eigenvalue weighted by Crippen LogP contribution is -2.29. The summed E-state index contributed by atoms with van der Waals surface area (Å²) in [7, 11) is 0. The van der Waals surface area contributed by atoms with Crippen molar-refractivity contribution >= 4 is 11.3 Å². The molecule has 0 atom stereocenters. The van der Waals surface area contributed by atoms with Gasteiger partial charge < -0.3 is 19.6 Å². The Bertz CT molecular complexity index is 960. The number of piperidine rings is 1. The largest absolute Gasteiger partial charge is 0.454 e.